The molecule has 0 amide bonds. The predicted molar refractivity (Wildman–Crippen MR) is 72.6 cm³/mol. The fraction of sp³-hybridized carbons (Fsp3) is 0.267. The van der Waals surface area contributed by atoms with E-state index in [2.05, 4.69) is 34.4 Å². The Labute approximate surface area is 105 Å². The van der Waals surface area contributed by atoms with Gasteiger partial charge in [-0.15, -0.1) is 0 Å². The average Bonchev–Trinajstić information content (AvgIpc) is 2.85. The highest BCUT2D eigenvalue weighted by atomic mass is 15.1. The third-order valence-electron chi connectivity index (χ3n) is 4.03. The summed E-state index contributed by atoms with van der Waals surface area (Å²) in [5, 5.41) is 5.56. The Morgan fingerprint density at radius 1 is 1.11 bits per heavy atom. The Hall–Kier alpha value is -2.03. The van der Waals surface area contributed by atoms with Crippen molar-refractivity contribution >= 4 is 23.8 Å². The van der Waals surface area contributed by atoms with Crippen molar-refractivity contribution in [1.29, 1.82) is 0 Å². The molecule has 3 heteroatoms. The van der Waals surface area contributed by atoms with Gasteiger partial charge in [0.25, 0.3) is 0 Å². The molecule has 0 spiro atoms. The van der Waals surface area contributed by atoms with E-state index >= 15 is 0 Å². The van der Waals surface area contributed by atoms with Crippen LogP contribution in [-0.2, 0) is 0 Å². The molecule has 0 aliphatic heterocycles. The SMILES string of the molecule is CC1C2C=c3nc(Nc4ccccc4)[nH]c3=CC12. The molecule has 1 fully saturated rings. The highest BCUT2D eigenvalue weighted by Gasteiger charge is 2.44. The lowest BCUT2D eigenvalue weighted by atomic mass is 10.2. The van der Waals surface area contributed by atoms with Gasteiger partial charge in [0.1, 0.15) is 0 Å². The molecule has 3 atom stereocenters. The Kier molecular flexibility index (Phi) is 1.92. The number of nitrogens with zero attached hydrogens (tertiary/aromatic N) is 1. The van der Waals surface area contributed by atoms with Gasteiger partial charge in [-0.1, -0.05) is 37.3 Å². The van der Waals surface area contributed by atoms with Crippen LogP contribution in [0.3, 0.4) is 0 Å². The Morgan fingerprint density at radius 3 is 2.72 bits per heavy atom. The van der Waals surface area contributed by atoms with Crippen molar-refractivity contribution in [3.8, 4) is 0 Å². The number of aromatic nitrogens is 2. The van der Waals surface area contributed by atoms with Crippen LogP contribution in [0.25, 0.3) is 12.2 Å². The molecule has 0 bridgehead atoms. The number of anilines is 2. The van der Waals surface area contributed by atoms with E-state index in [9.17, 15) is 0 Å². The van der Waals surface area contributed by atoms with Gasteiger partial charge in [0, 0.05) is 5.69 Å². The maximum Gasteiger partial charge on any atom is 0.205 e. The van der Waals surface area contributed by atoms with E-state index in [0.29, 0.717) is 5.92 Å². The summed E-state index contributed by atoms with van der Waals surface area (Å²) in [6.07, 6.45) is 4.63. The van der Waals surface area contributed by atoms with Gasteiger partial charge in [0.15, 0.2) is 0 Å². The van der Waals surface area contributed by atoms with Gasteiger partial charge in [0.2, 0.25) is 5.95 Å². The second-order valence-corrected chi connectivity index (χ2v) is 5.22. The van der Waals surface area contributed by atoms with E-state index in [1.54, 1.807) is 0 Å². The minimum atomic E-state index is 0.713. The van der Waals surface area contributed by atoms with Gasteiger partial charge in [-0.3, -0.25) is 0 Å². The molecule has 3 unspecified atom stereocenters. The number of benzene rings is 1. The first-order valence-electron chi connectivity index (χ1n) is 6.43. The summed E-state index contributed by atoms with van der Waals surface area (Å²) in [6.45, 7) is 2.30. The lowest BCUT2D eigenvalue weighted by Gasteiger charge is -2.00. The van der Waals surface area contributed by atoms with Crippen LogP contribution in [0.4, 0.5) is 11.6 Å². The van der Waals surface area contributed by atoms with E-state index in [1.807, 2.05) is 30.3 Å². The normalized spacial score (nSPS) is 27.5. The topological polar surface area (TPSA) is 40.7 Å². The molecule has 2 N–H and O–H groups in total. The highest BCUT2D eigenvalue weighted by Crippen LogP contribution is 2.48. The highest BCUT2D eigenvalue weighted by molar-refractivity contribution is 5.55. The van der Waals surface area contributed by atoms with Gasteiger partial charge in [0.05, 0.1) is 10.7 Å². The molecule has 2 aliphatic rings. The van der Waals surface area contributed by atoms with Gasteiger partial charge in [-0.25, -0.2) is 4.98 Å². The number of H-pyrrole nitrogens is 1. The second-order valence-electron chi connectivity index (χ2n) is 5.22. The van der Waals surface area contributed by atoms with Crippen LogP contribution >= 0.6 is 0 Å². The van der Waals surface area contributed by atoms with Crippen LogP contribution in [0.2, 0.25) is 0 Å². The summed E-state index contributed by atoms with van der Waals surface area (Å²) in [5.74, 6) is 3.05. The van der Waals surface area contributed by atoms with E-state index in [4.69, 9.17) is 0 Å². The van der Waals surface area contributed by atoms with Gasteiger partial charge in [-0.2, -0.15) is 0 Å². The van der Waals surface area contributed by atoms with Crippen LogP contribution in [0.5, 0.6) is 0 Å². The molecule has 18 heavy (non-hydrogen) atoms. The monoisotopic (exact) mass is 237 g/mol. The first kappa shape index (κ1) is 9.95. The molecular weight excluding hydrogens is 222 g/mol. The number of nitrogens with one attached hydrogen (secondary N) is 2. The molecule has 90 valence electrons. The standard InChI is InChI=1S/C15H15N3/c1-9-11-7-13-14(8-12(9)11)18-15(17-13)16-10-5-3-2-4-6-10/h2-9,11-12H,1H3,(H2,16,17,18). The zero-order valence-corrected chi connectivity index (χ0v) is 10.2. The van der Waals surface area contributed by atoms with E-state index < -0.39 is 0 Å². The number of aromatic amines is 1. The van der Waals surface area contributed by atoms with Crippen LogP contribution in [-0.4, -0.2) is 9.97 Å². The van der Waals surface area contributed by atoms with Gasteiger partial charge in [-0.05, 0) is 29.9 Å². The number of hydrogen-bond donors (Lipinski definition) is 2. The lowest BCUT2D eigenvalue weighted by Crippen LogP contribution is -2.26. The molecule has 1 heterocycles. The van der Waals surface area contributed by atoms with Crippen molar-refractivity contribution in [2.75, 3.05) is 5.32 Å². The maximum absolute atomic E-state index is 4.60. The molecule has 0 saturated heterocycles. The Balaban J connectivity index is 1.69. The number of rotatable bonds is 2. The number of fused-ring (bicyclic) bond motifs is 2. The Morgan fingerprint density at radius 2 is 1.89 bits per heavy atom. The third kappa shape index (κ3) is 1.47. The van der Waals surface area contributed by atoms with Gasteiger partial charge < -0.3 is 10.3 Å². The van der Waals surface area contributed by atoms with Crippen LogP contribution in [0.1, 0.15) is 6.92 Å². The Bertz CT molecular complexity index is 660. The minimum Gasteiger partial charge on any atom is -0.326 e. The summed E-state index contributed by atoms with van der Waals surface area (Å²) in [7, 11) is 0. The van der Waals surface area contributed by atoms with E-state index in [0.717, 1.165) is 28.8 Å². The third-order valence-corrected chi connectivity index (χ3v) is 4.03. The van der Waals surface area contributed by atoms with Crippen LogP contribution in [0, 0.1) is 17.8 Å². The molecule has 1 aromatic heterocycles. The molecular formula is C15H15N3. The lowest BCUT2D eigenvalue weighted by molar-refractivity contribution is 0.905. The summed E-state index contributed by atoms with van der Waals surface area (Å²) in [6, 6.07) is 10.1. The van der Waals surface area contributed by atoms with Crippen molar-refractivity contribution in [1.82, 2.24) is 9.97 Å². The minimum absolute atomic E-state index is 0.713. The quantitative estimate of drug-likeness (QED) is 0.833. The molecule has 1 aromatic carbocycles. The molecule has 3 nitrogen and oxygen atoms in total. The predicted octanol–water partition coefficient (Wildman–Crippen LogP) is 1.61. The van der Waals surface area contributed by atoms with Crippen molar-refractivity contribution in [2.24, 2.45) is 17.8 Å². The summed E-state index contributed by atoms with van der Waals surface area (Å²) < 4.78 is 0. The number of imidazole rings is 1. The zero-order chi connectivity index (χ0) is 12.1. The smallest absolute Gasteiger partial charge is 0.205 e. The molecule has 2 aromatic rings. The van der Waals surface area contributed by atoms with Gasteiger partial charge >= 0.3 is 0 Å². The van der Waals surface area contributed by atoms with E-state index in [-0.39, 0.29) is 0 Å². The van der Waals surface area contributed by atoms with Crippen molar-refractivity contribution in [3.63, 3.8) is 0 Å². The van der Waals surface area contributed by atoms with Crippen LogP contribution < -0.4 is 16.0 Å². The number of para-hydroxylation sites is 1. The average molecular weight is 237 g/mol. The first-order chi connectivity index (χ1) is 8.81. The largest absolute Gasteiger partial charge is 0.326 e. The van der Waals surface area contributed by atoms with Crippen molar-refractivity contribution < 1.29 is 0 Å². The summed E-state index contributed by atoms with van der Waals surface area (Å²) >= 11 is 0. The fourth-order valence-electron chi connectivity index (χ4n) is 2.80. The molecule has 0 radical (unpaired) electrons. The van der Waals surface area contributed by atoms with E-state index in [1.165, 1.54) is 5.35 Å². The molecule has 1 saturated carbocycles. The number of hydrogen-bond acceptors (Lipinski definition) is 2. The zero-order valence-electron chi connectivity index (χ0n) is 10.2. The summed E-state index contributed by atoms with van der Waals surface area (Å²) in [4.78, 5) is 7.95. The summed E-state index contributed by atoms with van der Waals surface area (Å²) in [5.41, 5.74) is 1.06. The fourth-order valence-corrected chi connectivity index (χ4v) is 2.80. The first-order valence-corrected chi connectivity index (χ1v) is 6.43. The molecule has 2 aliphatic carbocycles. The van der Waals surface area contributed by atoms with Crippen LogP contribution in [0.15, 0.2) is 30.3 Å². The second kappa shape index (κ2) is 3.48. The van der Waals surface area contributed by atoms with Crippen molar-refractivity contribution in [2.45, 2.75) is 6.92 Å². The van der Waals surface area contributed by atoms with Crippen molar-refractivity contribution in [3.05, 3.63) is 41.0 Å². The maximum atomic E-state index is 4.60. The molecule has 4 rings (SSSR count).